The van der Waals surface area contributed by atoms with Gasteiger partial charge in [-0.1, -0.05) is 0 Å². The molecule has 3 nitrogen and oxygen atoms in total. The van der Waals surface area contributed by atoms with E-state index in [2.05, 4.69) is 6.92 Å². The quantitative estimate of drug-likeness (QED) is 0.716. The van der Waals surface area contributed by atoms with Gasteiger partial charge in [0.05, 0.1) is 0 Å². The molecule has 1 saturated heterocycles. The summed E-state index contributed by atoms with van der Waals surface area (Å²) in [6.45, 7) is 3.49. The predicted octanol–water partition coefficient (Wildman–Crippen LogP) is 0.689. The minimum Gasteiger partial charge on any atom is -0.339 e. The van der Waals surface area contributed by atoms with E-state index in [1.807, 2.05) is 16.7 Å². The fourth-order valence-electron chi connectivity index (χ4n) is 1.53. The molecule has 1 amide bonds. The van der Waals surface area contributed by atoms with Crippen molar-refractivity contribution >= 4 is 17.7 Å². The average Bonchev–Trinajstić information content (AvgIpc) is 2.30. The molecule has 1 aliphatic heterocycles. The van der Waals surface area contributed by atoms with Gasteiger partial charge in [-0.05, 0) is 19.1 Å². The molecule has 0 aromatic heterocycles. The van der Waals surface area contributed by atoms with Gasteiger partial charge in [-0.25, -0.2) is 0 Å². The molecule has 1 aliphatic rings. The van der Waals surface area contributed by atoms with Gasteiger partial charge >= 0.3 is 0 Å². The molecule has 0 aromatic carbocycles. The molecule has 0 aromatic rings. The monoisotopic (exact) mass is 202 g/mol. The highest BCUT2D eigenvalue weighted by atomic mass is 32.2. The van der Waals surface area contributed by atoms with Crippen molar-refractivity contribution < 1.29 is 4.79 Å². The van der Waals surface area contributed by atoms with Crippen molar-refractivity contribution in [3.8, 4) is 0 Å². The van der Waals surface area contributed by atoms with Crippen molar-refractivity contribution in [2.24, 2.45) is 5.73 Å². The average molecular weight is 202 g/mol. The van der Waals surface area contributed by atoms with E-state index in [0.29, 0.717) is 19.0 Å². The number of carbonyl (C=O) groups is 1. The first-order valence-electron chi connectivity index (χ1n) is 4.83. The standard InChI is InChI=1S/C9H18N2OS/c1-8-3-6-13-7-5-11(8)9(12)2-4-10/h8H,2-7,10H2,1H3. The number of rotatable bonds is 2. The molecule has 0 radical (unpaired) electrons. The molecule has 76 valence electrons. The van der Waals surface area contributed by atoms with Gasteiger partial charge in [0.2, 0.25) is 5.91 Å². The van der Waals surface area contributed by atoms with Gasteiger partial charge in [0.15, 0.2) is 0 Å². The molecule has 0 aliphatic carbocycles. The van der Waals surface area contributed by atoms with Crippen molar-refractivity contribution in [2.45, 2.75) is 25.8 Å². The summed E-state index contributed by atoms with van der Waals surface area (Å²) in [5.41, 5.74) is 5.37. The van der Waals surface area contributed by atoms with E-state index in [1.54, 1.807) is 0 Å². The second kappa shape index (κ2) is 5.50. The van der Waals surface area contributed by atoms with Crippen LogP contribution in [-0.2, 0) is 4.79 Å². The maximum atomic E-state index is 11.6. The van der Waals surface area contributed by atoms with Crippen LogP contribution in [0.15, 0.2) is 0 Å². The first-order valence-corrected chi connectivity index (χ1v) is 5.98. The lowest BCUT2D eigenvalue weighted by atomic mass is 10.2. The highest BCUT2D eigenvalue weighted by Gasteiger charge is 2.20. The van der Waals surface area contributed by atoms with Crippen LogP contribution in [0.2, 0.25) is 0 Å². The molecule has 1 rings (SSSR count). The lowest BCUT2D eigenvalue weighted by Crippen LogP contribution is -2.39. The van der Waals surface area contributed by atoms with E-state index in [-0.39, 0.29) is 5.91 Å². The van der Waals surface area contributed by atoms with Crippen LogP contribution in [0.25, 0.3) is 0 Å². The molecule has 1 fully saturated rings. The predicted molar refractivity (Wildman–Crippen MR) is 56.8 cm³/mol. The van der Waals surface area contributed by atoms with Gasteiger partial charge in [-0.15, -0.1) is 0 Å². The molecule has 1 heterocycles. The minimum absolute atomic E-state index is 0.220. The number of hydrogen-bond donors (Lipinski definition) is 1. The Hall–Kier alpha value is -0.220. The van der Waals surface area contributed by atoms with Crippen molar-refractivity contribution in [2.75, 3.05) is 24.6 Å². The summed E-state index contributed by atoms with van der Waals surface area (Å²) in [5.74, 6) is 2.46. The Kier molecular flexibility index (Phi) is 4.59. The van der Waals surface area contributed by atoms with E-state index in [1.165, 1.54) is 5.75 Å². The Labute approximate surface area is 84.0 Å². The highest BCUT2D eigenvalue weighted by Crippen LogP contribution is 2.16. The molecule has 4 heteroatoms. The van der Waals surface area contributed by atoms with Gasteiger partial charge in [0, 0.05) is 31.3 Å². The van der Waals surface area contributed by atoms with E-state index < -0.39 is 0 Å². The van der Waals surface area contributed by atoms with Crippen LogP contribution in [-0.4, -0.2) is 41.4 Å². The summed E-state index contributed by atoms with van der Waals surface area (Å²) in [4.78, 5) is 13.6. The largest absolute Gasteiger partial charge is 0.339 e. The molecule has 1 atom stereocenters. The van der Waals surface area contributed by atoms with Gasteiger partial charge in [0.25, 0.3) is 0 Å². The number of thioether (sulfide) groups is 1. The van der Waals surface area contributed by atoms with Gasteiger partial charge < -0.3 is 10.6 Å². The summed E-state index contributed by atoms with van der Waals surface area (Å²) in [5, 5.41) is 0. The van der Waals surface area contributed by atoms with Crippen LogP contribution >= 0.6 is 11.8 Å². The zero-order valence-corrected chi connectivity index (χ0v) is 8.98. The number of amides is 1. The smallest absolute Gasteiger partial charge is 0.224 e. The van der Waals surface area contributed by atoms with Crippen molar-refractivity contribution in [1.29, 1.82) is 0 Å². The van der Waals surface area contributed by atoms with Gasteiger partial charge in [-0.2, -0.15) is 11.8 Å². The maximum absolute atomic E-state index is 11.6. The van der Waals surface area contributed by atoms with Crippen LogP contribution in [0.4, 0.5) is 0 Å². The highest BCUT2D eigenvalue weighted by molar-refractivity contribution is 7.99. The summed E-state index contributed by atoms with van der Waals surface area (Å²) >= 11 is 1.93. The Bertz CT molecular complexity index is 175. The molecule has 1 unspecified atom stereocenters. The van der Waals surface area contributed by atoms with Crippen LogP contribution in [0.5, 0.6) is 0 Å². The molecular formula is C9H18N2OS. The van der Waals surface area contributed by atoms with Crippen molar-refractivity contribution in [3.05, 3.63) is 0 Å². The van der Waals surface area contributed by atoms with Crippen molar-refractivity contribution in [1.82, 2.24) is 4.90 Å². The second-order valence-corrected chi connectivity index (χ2v) is 4.60. The first kappa shape index (κ1) is 10.9. The fraction of sp³-hybridized carbons (Fsp3) is 0.889. The third-order valence-corrected chi connectivity index (χ3v) is 3.36. The zero-order valence-electron chi connectivity index (χ0n) is 8.16. The molecule has 0 bridgehead atoms. The van der Waals surface area contributed by atoms with E-state index in [9.17, 15) is 4.79 Å². The Morgan fingerprint density at radius 1 is 1.62 bits per heavy atom. The Morgan fingerprint density at radius 3 is 3.08 bits per heavy atom. The summed E-state index contributed by atoms with van der Waals surface area (Å²) in [6.07, 6.45) is 1.61. The van der Waals surface area contributed by atoms with Crippen LogP contribution in [0.1, 0.15) is 19.8 Å². The molecule has 2 N–H and O–H groups in total. The summed E-state index contributed by atoms with van der Waals surface area (Å²) in [6, 6.07) is 0.397. The van der Waals surface area contributed by atoms with Crippen LogP contribution in [0, 0.1) is 0 Å². The summed E-state index contributed by atoms with van der Waals surface area (Å²) < 4.78 is 0. The van der Waals surface area contributed by atoms with Gasteiger partial charge in [0.1, 0.15) is 0 Å². The van der Waals surface area contributed by atoms with Crippen LogP contribution in [0.3, 0.4) is 0 Å². The SMILES string of the molecule is CC1CCSCCN1C(=O)CCN. The lowest BCUT2D eigenvalue weighted by molar-refractivity contribution is -0.132. The maximum Gasteiger partial charge on any atom is 0.224 e. The molecular weight excluding hydrogens is 184 g/mol. The molecule has 0 saturated carbocycles. The third-order valence-electron chi connectivity index (χ3n) is 2.37. The lowest BCUT2D eigenvalue weighted by Gasteiger charge is -2.26. The summed E-state index contributed by atoms with van der Waals surface area (Å²) in [7, 11) is 0. The molecule has 0 spiro atoms. The topological polar surface area (TPSA) is 46.3 Å². The van der Waals surface area contributed by atoms with E-state index in [0.717, 1.165) is 18.7 Å². The molecule has 13 heavy (non-hydrogen) atoms. The normalized spacial score (nSPS) is 24.2. The zero-order chi connectivity index (χ0) is 9.68. The van der Waals surface area contributed by atoms with Crippen molar-refractivity contribution in [3.63, 3.8) is 0 Å². The first-order chi connectivity index (χ1) is 6.25. The fourth-order valence-corrected chi connectivity index (χ4v) is 2.57. The number of nitrogens with two attached hydrogens (primary N) is 1. The Balaban J connectivity index is 2.48. The Morgan fingerprint density at radius 2 is 2.38 bits per heavy atom. The van der Waals surface area contributed by atoms with E-state index >= 15 is 0 Å². The second-order valence-electron chi connectivity index (χ2n) is 3.38. The minimum atomic E-state index is 0.220. The van der Waals surface area contributed by atoms with E-state index in [4.69, 9.17) is 5.73 Å². The third kappa shape index (κ3) is 3.19. The van der Waals surface area contributed by atoms with Crippen LogP contribution < -0.4 is 5.73 Å². The number of hydrogen-bond acceptors (Lipinski definition) is 3. The van der Waals surface area contributed by atoms with Gasteiger partial charge in [-0.3, -0.25) is 4.79 Å². The number of carbonyl (C=O) groups excluding carboxylic acids is 1. The number of nitrogens with zero attached hydrogens (tertiary/aromatic N) is 1.